The van der Waals surface area contributed by atoms with Gasteiger partial charge in [0.15, 0.2) is 9.84 Å². The summed E-state index contributed by atoms with van der Waals surface area (Å²) in [4.78, 5) is 41.3. The van der Waals surface area contributed by atoms with E-state index in [1.807, 2.05) is 6.07 Å². The number of amidine groups is 1. The Kier molecular flexibility index (Phi) is 12.8. The fourth-order valence-corrected chi connectivity index (χ4v) is 7.40. The number of rotatable bonds is 12. The highest BCUT2D eigenvalue weighted by atomic mass is 32.2. The minimum Gasteiger partial charge on any atom is -0.384 e. The Balaban J connectivity index is 0.00000529. The van der Waals surface area contributed by atoms with Gasteiger partial charge in [0.1, 0.15) is 5.84 Å². The molecule has 2 aliphatic rings. The number of amides is 3. The maximum Gasteiger partial charge on any atom is 0.240 e. The first-order chi connectivity index (χ1) is 20.6. The molecule has 2 saturated heterocycles. The number of anilines is 1. The van der Waals surface area contributed by atoms with Gasteiger partial charge in [0.05, 0.1) is 23.1 Å². The largest absolute Gasteiger partial charge is 0.384 e. The molecule has 11 nitrogen and oxygen atoms in total. The molecule has 2 aromatic carbocycles. The molecule has 4 rings (SSSR count). The highest BCUT2D eigenvalue weighted by Crippen LogP contribution is 2.27. The number of hydrogen-bond acceptors (Lipinski definition) is 7. The molecule has 2 fully saturated rings. The second-order valence-electron chi connectivity index (χ2n) is 11.4. The van der Waals surface area contributed by atoms with E-state index in [0.29, 0.717) is 49.8 Å². The van der Waals surface area contributed by atoms with E-state index in [1.165, 1.54) is 12.1 Å². The first kappa shape index (κ1) is 35.1. The predicted molar refractivity (Wildman–Crippen MR) is 176 cm³/mol. The van der Waals surface area contributed by atoms with Crippen molar-refractivity contribution in [1.29, 1.82) is 5.41 Å². The van der Waals surface area contributed by atoms with Crippen molar-refractivity contribution < 1.29 is 22.8 Å². The lowest BCUT2D eigenvalue weighted by Crippen LogP contribution is -2.48. The molecule has 0 aromatic heterocycles. The van der Waals surface area contributed by atoms with Gasteiger partial charge in [0.25, 0.3) is 0 Å². The molecular formula is C31H44N6O5S2. The van der Waals surface area contributed by atoms with Crippen LogP contribution in [0.25, 0.3) is 0 Å². The van der Waals surface area contributed by atoms with Crippen LogP contribution < -0.4 is 21.3 Å². The summed E-state index contributed by atoms with van der Waals surface area (Å²) in [5.41, 5.74) is 7.44. The van der Waals surface area contributed by atoms with Gasteiger partial charge in [-0.1, -0.05) is 24.3 Å². The number of piperidine rings is 1. The number of nitrogens with two attached hydrogens (primary N) is 1. The number of sulfone groups is 1. The molecule has 0 saturated carbocycles. The van der Waals surface area contributed by atoms with Gasteiger partial charge in [-0.2, -0.15) is 13.5 Å². The highest BCUT2D eigenvalue weighted by molar-refractivity contribution is 7.91. The van der Waals surface area contributed by atoms with Crippen LogP contribution in [0.1, 0.15) is 43.2 Å². The van der Waals surface area contributed by atoms with Gasteiger partial charge in [-0.25, -0.2) is 8.42 Å². The van der Waals surface area contributed by atoms with Crippen LogP contribution in [0.15, 0.2) is 53.4 Å². The van der Waals surface area contributed by atoms with Crippen molar-refractivity contribution in [1.82, 2.24) is 15.5 Å². The van der Waals surface area contributed by atoms with E-state index in [1.54, 1.807) is 47.2 Å². The molecule has 2 heterocycles. The number of benzene rings is 2. The Bertz CT molecular complexity index is 1440. The Morgan fingerprint density at radius 3 is 2.52 bits per heavy atom. The Hall–Kier alpha value is -3.42. The third-order valence-corrected chi connectivity index (χ3v) is 10.1. The molecule has 13 heteroatoms. The zero-order valence-corrected chi connectivity index (χ0v) is 27.0. The molecule has 240 valence electrons. The lowest BCUT2D eigenvalue weighted by Gasteiger charge is -2.34. The number of likely N-dealkylation sites (tertiary alicyclic amines) is 1. The minimum atomic E-state index is -3.91. The van der Waals surface area contributed by atoms with E-state index >= 15 is 0 Å². The molecule has 2 aromatic rings. The third kappa shape index (κ3) is 9.29. The number of piperazine rings is 1. The minimum absolute atomic E-state index is 0. The van der Waals surface area contributed by atoms with Crippen LogP contribution >= 0.6 is 13.5 Å². The SMILES string of the molecule is CNC(=O)CCCC1CCN(C(=O)[C@H](Cc2cccc(C(=N)N)c2)CS(=O)(=O)c2cccc(N3CCNCC3=O)c2)CC1.S. The lowest BCUT2D eigenvalue weighted by molar-refractivity contribution is -0.136. The summed E-state index contributed by atoms with van der Waals surface area (Å²) in [5.74, 6) is -1.24. The van der Waals surface area contributed by atoms with Crippen LogP contribution in [0.4, 0.5) is 5.69 Å². The molecule has 3 amide bonds. The molecule has 0 spiro atoms. The summed E-state index contributed by atoms with van der Waals surface area (Å²) in [6, 6.07) is 13.4. The fraction of sp³-hybridized carbons (Fsp3) is 0.484. The van der Waals surface area contributed by atoms with Crippen molar-refractivity contribution >= 4 is 52.6 Å². The summed E-state index contributed by atoms with van der Waals surface area (Å²) in [6.45, 7) is 2.32. The average molecular weight is 645 g/mol. The summed E-state index contributed by atoms with van der Waals surface area (Å²) in [5, 5.41) is 13.4. The molecule has 0 aliphatic carbocycles. The van der Waals surface area contributed by atoms with Crippen LogP contribution in [-0.2, 0) is 30.6 Å². The average Bonchev–Trinajstić information content (AvgIpc) is 3.01. The van der Waals surface area contributed by atoms with Gasteiger partial charge in [-0.05, 0) is 67.9 Å². The summed E-state index contributed by atoms with van der Waals surface area (Å²) < 4.78 is 27.6. The van der Waals surface area contributed by atoms with Crippen molar-refractivity contribution in [3.8, 4) is 0 Å². The number of carbonyl (C=O) groups is 3. The number of nitrogen functional groups attached to an aromatic ring is 1. The molecule has 44 heavy (non-hydrogen) atoms. The molecule has 5 N–H and O–H groups in total. The second kappa shape index (κ2) is 16.1. The van der Waals surface area contributed by atoms with E-state index in [9.17, 15) is 22.8 Å². The summed E-state index contributed by atoms with van der Waals surface area (Å²) >= 11 is 0. The van der Waals surface area contributed by atoms with Gasteiger partial charge in [-0.15, -0.1) is 0 Å². The predicted octanol–water partition coefficient (Wildman–Crippen LogP) is 1.81. The monoisotopic (exact) mass is 644 g/mol. The number of hydrogen-bond donors (Lipinski definition) is 4. The Morgan fingerprint density at radius 1 is 1.11 bits per heavy atom. The van der Waals surface area contributed by atoms with Gasteiger partial charge in [0.2, 0.25) is 17.7 Å². The van der Waals surface area contributed by atoms with Crippen molar-refractivity contribution in [3.63, 3.8) is 0 Å². The quantitative estimate of drug-likeness (QED) is 0.202. The van der Waals surface area contributed by atoms with Crippen molar-refractivity contribution in [2.24, 2.45) is 17.6 Å². The van der Waals surface area contributed by atoms with Crippen LogP contribution in [0.2, 0.25) is 0 Å². The Labute approximate surface area is 266 Å². The summed E-state index contributed by atoms with van der Waals surface area (Å²) in [7, 11) is -2.28. The lowest BCUT2D eigenvalue weighted by atomic mass is 9.90. The normalized spacial score (nSPS) is 16.6. The zero-order valence-electron chi connectivity index (χ0n) is 25.2. The number of nitrogens with zero attached hydrogens (tertiary/aromatic N) is 2. The number of carbonyl (C=O) groups excluding carboxylic acids is 3. The summed E-state index contributed by atoms with van der Waals surface area (Å²) in [6.07, 6.45) is 3.99. The second-order valence-corrected chi connectivity index (χ2v) is 13.4. The fourth-order valence-electron chi connectivity index (χ4n) is 5.83. The van der Waals surface area contributed by atoms with Crippen molar-refractivity contribution in [3.05, 3.63) is 59.7 Å². The molecule has 2 aliphatic heterocycles. The third-order valence-electron chi connectivity index (χ3n) is 8.29. The van der Waals surface area contributed by atoms with Crippen LogP contribution in [0.5, 0.6) is 0 Å². The maximum absolute atomic E-state index is 13.9. The highest BCUT2D eigenvalue weighted by Gasteiger charge is 2.33. The van der Waals surface area contributed by atoms with Crippen LogP contribution in [0.3, 0.4) is 0 Å². The van der Waals surface area contributed by atoms with Gasteiger partial charge >= 0.3 is 0 Å². The van der Waals surface area contributed by atoms with E-state index < -0.39 is 15.8 Å². The standard InChI is InChI=1S/C31H42N6O5S.H2S/c1-34-28(38)10-3-5-22-11-14-36(15-12-22)31(40)25(18-23-6-2-7-24(17-23)30(32)33)21-43(41,42)27-9-4-8-26(19-27)37-16-13-35-20-29(37)39;/h2,4,6-9,17,19,22,25,35H,3,5,10-16,18,20-21H2,1H3,(H3,32,33)(H,34,38);1H2/t25-;/m1./s1. The van der Waals surface area contributed by atoms with E-state index in [4.69, 9.17) is 11.1 Å². The van der Waals surface area contributed by atoms with E-state index in [2.05, 4.69) is 10.6 Å². The van der Waals surface area contributed by atoms with Crippen LogP contribution in [0, 0.1) is 17.2 Å². The van der Waals surface area contributed by atoms with Gasteiger partial charge in [-0.3, -0.25) is 19.8 Å². The molecule has 0 bridgehead atoms. The van der Waals surface area contributed by atoms with Crippen molar-refractivity contribution in [2.75, 3.05) is 50.4 Å². The topological polar surface area (TPSA) is 166 Å². The first-order valence-corrected chi connectivity index (χ1v) is 16.5. The van der Waals surface area contributed by atoms with Gasteiger partial charge < -0.3 is 26.2 Å². The smallest absolute Gasteiger partial charge is 0.240 e. The Morgan fingerprint density at radius 2 is 1.84 bits per heavy atom. The van der Waals surface area contributed by atoms with Crippen molar-refractivity contribution in [2.45, 2.75) is 43.4 Å². The first-order valence-electron chi connectivity index (χ1n) is 14.8. The molecule has 1 atom stereocenters. The van der Waals surface area contributed by atoms with E-state index in [-0.39, 0.29) is 60.7 Å². The molecule has 0 radical (unpaired) electrons. The van der Waals surface area contributed by atoms with Gasteiger partial charge in [0, 0.05) is 50.9 Å². The zero-order chi connectivity index (χ0) is 31.0. The van der Waals surface area contributed by atoms with E-state index in [0.717, 1.165) is 31.2 Å². The van der Waals surface area contributed by atoms with Crippen LogP contribution in [-0.4, -0.2) is 82.4 Å². The molecule has 0 unspecified atom stereocenters. The number of nitrogens with one attached hydrogen (secondary N) is 3. The molecular weight excluding hydrogens is 601 g/mol. The maximum atomic E-state index is 13.9.